The molecule has 2 aromatic rings. The molecule has 0 bridgehead atoms. The number of nitrogens with zero attached hydrogens (tertiary/aromatic N) is 2. The number of aliphatic carboxylic acids is 1. The first-order valence-electron chi connectivity index (χ1n) is 5.09. The Hall–Kier alpha value is -1.95. The zero-order valence-electron chi connectivity index (χ0n) is 9.21. The highest BCUT2D eigenvalue weighted by molar-refractivity contribution is 9.10. The van der Waals surface area contributed by atoms with Crippen LogP contribution in [0.2, 0.25) is 0 Å². The van der Waals surface area contributed by atoms with Crippen LogP contribution in [-0.4, -0.2) is 21.0 Å². The quantitative estimate of drug-likeness (QED) is 0.940. The van der Waals surface area contributed by atoms with Gasteiger partial charge in [0.15, 0.2) is 0 Å². The maximum absolute atomic E-state index is 10.6. The van der Waals surface area contributed by atoms with Crippen LogP contribution in [0.4, 0.5) is 0 Å². The van der Waals surface area contributed by atoms with Crippen LogP contribution in [0, 0.1) is 0 Å². The van der Waals surface area contributed by atoms with E-state index < -0.39 is 5.97 Å². The molecule has 0 aliphatic heterocycles. The second-order valence-corrected chi connectivity index (χ2v) is 4.39. The van der Waals surface area contributed by atoms with E-state index in [0.29, 0.717) is 17.3 Å². The van der Waals surface area contributed by atoms with E-state index >= 15 is 0 Å². The summed E-state index contributed by atoms with van der Waals surface area (Å²) in [5, 5.41) is 8.68. The minimum atomic E-state index is -0.942. The number of hydrogen-bond acceptors (Lipinski definition) is 4. The lowest BCUT2D eigenvalue weighted by Crippen LogP contribution is -2.03. The van der Waals surface area contributed by atoms with Crippen molar-refractivity contribution in [3.8, 4) is 11.6 Å². The van der Waals surface area contributed by atoms with Gasteiger partial charge in [0, 0.05) is 10.5 Å². The summed E-state index contributed by atoms with van der Waals surface area (Å²) in [5.74, 6) is -0.00851. The SMILES string of the molecule is O=C(O)Cc1cc(Oc2cccc(Br)c2)ncn1. The molecule has 0 radical (unpaired) electrons. The van der Waals surface area contributed by atoms with Gasteiger partial charge in [-0.2, -0.15) is 0 Å². The molecule has 0 atom stereocenters. The van der Waals surface area contributed by atoms with Crippen molar-refractivity contribution in [2.45, 2.75) is 6.42 Å². The van der Waals surface area contributed by atoms with Crippen molar-refractivity contribution in [2.24, 2.45) is 0 Å². The molecular weight excluding hydrogens is 300 g/mol. The van der Waals surface area contributed by atoms with E-state index in [1.54, 1.807) is 12.1 Å². The number of halogens is 1. The monoisotopic (exact) mass is 308 g/mol. The zero-order chi connectivity index (χ0) is 13.0. The smallest absolute Gasteiger partial charge is 0.309 e. The zero-order valence-corrected chi connectivity index (χ0v) is 10.8. The molecule has 0 saturated heterocycles. The Labute approximate surface area is 112 Å². The Balaban J connectivity index is 2.16. The third-order valence-corrected chi connectivity index (χ3v) is 2.54. The fourth-order valence-electron chi connectivity index (χ4n) is 1.34. The third kappa shape index (κ3) is 3.53. The number of benzene rings is 1. The van der Waals surface area contributed by atoms with E-state index in [0.717, 1.165) is 4.47 Å². The minimum Gasteiger partial charge on any atom is -0.481 e. The predicted octanol–water partition coefficient (Wildman–Crippen LogP) is 2.66. The van der Waals surface area contributed by atoms with Crippen molar-refractivity contribution in [2.75, 3.05) is 0 Å². The topological polar surface area (TPSA) is 72.3 Å². The van der Waals surface area contributed by atoms with Crippen LogP contribution in [-0.2, 0) is 11.2 Å². The van der Waals surface area contributed by atoms with Gasteiger partial charge in [-0.15, -0.1) is 0 Å². The van der Waals surface area contributed by atoms with Gasteiger partial charge in [-0.25, -0.2) is 9.97 Å². The van der Waals surface area contributed by atoms with Crippen LogP contribution in [0.3, 0.4) is 0 Å². The molecule has 0 unspecified atom stereocenters. The Morgan fingerprint density at radius 1 is 1.33 bits per heavy atom. The lowest BCUT2D eigenvalue weighted by Gasteiger charge is -2.05. The molecular formula is C12H9BrN2O3. The maximum Gasteiger partial charge on any atom is 0.309 e. The molecule has 18 heavy (non-hydrogen) atoms. The van der Waals surface area contributed by atoms with Crippen molar-refractivity contribution in [3.63, 3.8) is 0 Å². The molecule has 1 aromatic heterocycles. The summed E-state index contributed by atoms with van der Waals surface area (Å²) in [7, 11) is 0. The van der Waals surface area contributed by atoms with Crippen LogP contribution in [0.25, 0.3) is 0 Å². The van der Waals surface area contributed by atoms with Gasteiger partial charge in [0.1, 0.15) is 12.1 Å². The largest absolute Gasteiger partial charge is 0.481 e. The fourth-order valence-corrected chi connectivity index (χ4v) is 1.71. The van der Waals surface area contributed by atoms with Gasteiger partial charge in [-0.1, -0.05) is 22.0 Å². The molecule has 0 amide bonds. The van der Waals surface area contributed by atoms with Gasteiger partial charge in [0.25, 0.3) is 0 Å². The van der Waals surface area contributed by atoms with Gasteiger partial charge in [0.2, 0.25) is 5.88 Å². The first-order valence-corrected chi connectivity index (χ1v) is 5.89. The van der Waals surface area contributed by atoms with Gasteiger partial charge >= 0.3 is 5.97 Å². The van der Waals surface area contributed by atoms with E-state index in [2.05, 4.69) is 25.9 Å². The average molecular weight is 309 g/mol. The average Bonchev–Trinajstić information content (AvgIpc) is 2.28. The number of carboxylic acids is 1. The highest BCUT2D eigenvalue weighted by atomic mass is 79.9. The summed E-state index contributed by atoms with van der Waals surface area (Å²) >= 11 is 3.33. The number of carboxylic acid groups (broad SMARTS) is 1. The summed E-state index contributed by atoms with van der Waals surface area (Å²) in [4.78, 5) is 18.4. The Morgan fingerprint density at radius 3 is 2.89 bits per heavy atom. The van der Waals surface area contributed by atoms with Crippen molar-refractivity contribution in [1.29, 1.82) is 0 Å². The van der Waals surface area contributed by atoms with E-state index in [1.165, 1.54) is 12.4 Å². The molecule has 0 saturated carbocycles. The molecule has 0 fully saturated rings. The highest BCUT2D eigenvalue weighted by Gasteiger charge is 2.05. The van der Waals surface area contributed by atoms with Crippen molar-refractivity contribution < 1.29 is 14.6 Å². The Morgan fingerprint density at radius 2 is 2.17 bits per heavy atom. The van der Waals surface area contributed by atoms with E-state index in [1.807, 2.05) is 12.1 Å². The minimum absolute atomic E-state index is 0.155. The van der Waals surface area contributed by atoms with Crippen molar-refractivity contribution >= 4 is 21.9 Å². The van der Waals surface area contributed by atoms with Crippen molar-refractivity contribution in [1.82, 2.24) is 9.97 Å². The number of ether oxygens (including phenoxy) is 1. The molecule has 5 nitrogen and oxygen atoms in total. The molecule has 6 heteroatoms. The summed E-state index contributed by atoms with van der Waals surface area (Å²) in [6.07, 6.45) is 1.13. The highest BCUT2D eigenvalue weighted by Crippen LogP contribution is 2.22. The lowest BCUT2D eigenvalue weighted by molar-refractivity contribution is -0.136. The molecule has 1 heterocycles. The standard InChI is InChI=1S/C12H9BrN2O3/c13-8-2-1-3-10(4-8)18-11-5-9(6-12(16)17)14-7-15-11/h1-5,7H,6H2,(H,16,17). The molecule has 92 valence electrons. The molecule has 1 aromatic carbocycles. The number of rotatable bonds is 4. The maximum atomic E-state index is 10.6. The Kier molecular flexibility index (Phi) is 3.88. The van der Waals surface area contributed by atoms with Crippen LogP contribution in [0.5, 0.6) is 11.6 Å². The van der Waals surface area contributed by atoms with Crippen LogP contribution in [0.1, 0.15) is 5.69 Å². The van der Waals surface area contributed by atoms with Crippen LogP contribution < -0.4 is 4.74 Å². The number of aromatic nitrogens is 2. The van der Waals surface area contributed by atoms with Gasteiger partial charge in [-0.05, 0) is 18.2 Å². The predicted molar refractivity (Wildman–Crippen MR) is 67.6 cm³/mol. The second-order valence-electron chi connectivity index (χ2n) is 3.48. The number of carbonyl (C=O) groups is 1. The van der Waals surface area contributed by atoms with E-state index in [-0.39, 0.29) is 6.42 Å². The molecule has 0 aliphatic rings. The van der Waals surface area contributed by atoms with Gasteiger partial charge < -0.3 is 9.84 Å². The summed E-state index contributed by atoms with van der Waals surface area (Å²) in [5.41, 5.74) is 0.405. The van der Waals surface area contributed by atoms with Gasteiger partial charge in [-0.3, -0.25) is 4.79 Å². The molecule has 0 spiro atoms. The summed E-state index contributed by atoms with van der Waals surface area (Å²) < 4.78 is 6.40. The third-order valence-electron chi connectivity index (χ3n) is 2.05. The summed E-state index contributed by atoms with van der Waals surface area (Å²) in [6.45, 7) is 0. The molecule has 2 rings (SSSR count). The van der Waals surface area contributed by atoms with E-state index in [9.17, 15) is 4.79 Å². The van der Waals surface area contributed by atoms with Crippen LogP contribution >= 0.6 is 15.9 Å². The first kappa shape index (κ1) is 12.5. The van der Waals surface area contributed by atoms with Crippen molar-refractivity contribution in [3.05, 3.63) is 46.8 Å². The lowest BCUT2D eigenvalue weighted by atomic mass is 10.3. The fraction of sp³-hybridized carbons (Fsp3) is 0.0833. The number of hydrogen-bond donors (Lipinski definition) is 1. The Bertz CT molecular complexity index is 575. The summed E-state index contributed by atoms with van der Waals surface area (Å²) in [6, 6.07) is 8.79. The molecule has 1 N–H and O–H groups in total. The van der Waals surface area contributed by atoms with Gasteiger partial charge in [0.05, 0.1) is 12.1 Å². The van der Waals surface area contributed by atoms with E-state index in [4.69, 9.17) is 9.84 Å². The normalized spacial score (nSPS) is 10.1. The second kappa shape index (κ2) is 5.59. The first-order chi connectivity index (χ1) is 8.63. The molecule has 0 aliphatic carbocycles. The van der Waals surface area contributed by atoms with Crippen LogP contribution in [0.15, 0.2) is 41.1 Å².